The second-order valence-electron chi connectivity index (χ2n) is 6.77. The van der Waals surface area contributed by atoms with Crippen LogP contribution in [0.3, 0.4) is 0 Å². The molecule has 1 fully saturated rings. The van der Waals surface area contributed by atoms with Crippen molar-refractivity contribution < 1.29 is 40.6 Å². The van der Waals surface area contributed by atoms with Gasteiger partial charge in [0, 0.05) is 23.4 Å². The zero-order valence-corrected chi connectivity index (χ0v) is 17.0. The first-order valence-electron chi connectivity index (χ1n) is 8.51. The smallest absolute Gasteiger partial charge is 0.405 e. The second kappa shape index (κ2) is 9.01. The summed E-state index contributed by atoms with van der Waals surface area (Å²) in [5, 5.41) is 0.783. The van der Waals surface area contributed by atoms with Crippen LogP contribution in [0.2, 0.25) is 0 Å². The highest BCUT2D eigenvalue weighted by molar-refractivity contribution is 7.38. The summed E-state index contributed by atoms with van der Waals surface area (Å²) in [6, 6.07) is 7.49. The molecule has 2 aromatic rings. The van der Waals surface area contributed by atoms with Crippen molar-refractivity contribution in [2.24, 2.45) is 0 Å². The summed E-state index contributed by atoms with van der Waals surface area (Å²) in [5.74, 6) is 0.372. The topological polar surface area (TPSA) is 69.2 Å². The third kappa shape index (κ3) is 5.42. The fraction of sp³-hybridized carbons (Fsp3) is 0.556. The third-order valence-corrected chi connectivity index (χ3v) is 6.88. The molecule has 0 bridgehead atoms. The second-order valence-corrected chi connectivity index (χ2v) is 9.55. The maximum Gasteiger partial charge on any atom is 0.600 e. The predicted molar refractivity (Wildman–Crippen MR) is 87.6 cm³/mol. The Morgan fingerprint density at radius 1 is 1.04 bits per heavy atom. The van der Waals surface area contributed by atoms with E-state index in [4.69, 9.17) is 12.6 Å². The van der Waals surface area contributed by atoms with Crippen LogP contribution in [-0.4, -0.2) is 0 Å². The molecule has 0 saturated heterocycles. The molecule has 1 aromatic carbocycles. The van der Waals surface area contributed by atoms with Gasteiger partial charge >= 0.3 is 5.51 Å². The first-order valence-corrected chi connectivity index (χ1v) is 11.7. The van der Waals surface area contributed by atoms with Crippen molar-refractivity contribution in [3.8, 4) is 0 Å². The Morgan fingerprint density at radius 2 is 1.62 bits per heavy atom. The van der Waals surface area contributed by atoms with E-state index in [1.54, 1.807) is 6.07 Å². The zero-order chi connectivity index (χ0) is 19.5. The van der Waals surface area contributed by atoms with E-state index >= 15 is 0 Å². The number of thiophene rings is 1. The molecule has 1 atom stereocenters. The fourth-order valence-corrected chi connectivity index (χ4v) is 5.68. The van der Waals surface area contributed by atoms with Crippen molar-refractivity contribution in [3.05, 3.63) is 34.7 Å². The minimum atomic E-state index is -4.16. The lowest BCUT2D eigenvalue weighted by molar-refractivity contribution is -1.73. The van der Waals surface area contributed by atoms with E-state index in [2.05, 4.69) is 0 Å². The highest BCUT2D eigenvalue weighted by Gasteiger charge is 2.49. The van der Waals surface area contributed by atoms with E-state index < -0.39 is 30.8 Å². The molecule has 8 heteroatoms. The van der Waals surface area contributed by atoms with Crippen LogP contribution in [0.15, 0.2) is 24.3 Å². The van der Waals surface area contributed by atoms with Gasteiger partial charge in [0.15, 0.2) is 9.58 Å². The molecule has 1 aliphatic rings. The van der Waals surface area contributed by atoms with Crippen molar-refractivity contribution in [2.75, 3.05) is 0 Å². The van der Waals surface area contributed by atoms with Crippen LogP contribution in [0, 0.1) is 14.8 Å². The Morgan fingerprint density at radius 3 is 2.12 bits per heavy atom. The van der Waals surface area contributed by atoms with Crippen LogP contribution >= 0.6 is 10.5 Å². The monoisotopic (exact) mass is 454 g/mol. The van der Waals surface area contributed by atoms with Gasteiger partial charge in [0.05, 0.1) is 10.5 Å². The highest BCUT2D eigenvalue weighted by atomic mass is 80.0. The minimum Gasteiger partial charge on any atom is -0.405 e. The molecular weight excluding hydrogens is 433 g/mol. The summed E-state index contributed by atoms with van der Waals surface area (Å²) >= 11 is -3.65. The van der Waals surface area contributed by atoms with E-state index in [1.807, 2.05) is 32.0 Å². The van der Waals surface area contributed by atoms with Gasteiger partial charge in [-0.15, -0.1) is 13.2 Å². The number of rotatable bonds is 2. The van der Waals surface area contributed by atoms with Crippen molar-refractivity contribution in [2.45, 2.75) is 63.3 Å². The van der Waals surface area contributed by atoms with E-state index in [-0.39, 0.29) is 11.8 Å². The van der Waals surface area contributed by atoms with Gasteiger partial charge in [-0.1, -0.05) is 39.2 Å². The fourth-order valence-electron chi connectivity index (χ4n) is 3.48. The molecule has 0 aliphatic heterocycles. The normalized spacial score (nSPS) is 16.9. The molecule has 1 heterocycles. The minimum absolute atomic E-state index is 0.119. The van der Waals surface area contributed by atoms with Gasteiger partial charge < -0.3 is 12.6 Å². The lowest BCUT2D eigenvalue weighted by atomic mass is 9.88. The van der Waals surface area contributed by atoms with Crippen molar-refractivity contribution in [3.63, 3.8) is 0 Å². The van der Waals surface area contributed by atoms with E-state index in [0.717, 1.165) is 43.1 Å². The number of hydrogen-bond acceptors (Lipinski definition) is 3. The summed E-state index contributed by atoms with van der Waals surface area (Å²) in [5.41, 5.74) is -3.16. The molecular formula is C18H22BrF3O3S. The average molecular weight is 455 g/mol. The first-order chi connectivity index (χ1) is 12.1. The largest absolute Gasteiger partial charge is 0.600 e. The maximum absolute atomic E-state index is 13.7. The Labute approximate surface area is 159 Å². The van der Waals surface area contributed by atoms with Gasteiger partial charge in [-0.2, -0.15) is 0 Å². The Balaban J connectivity index is 0.000000552. The lowest BCUT2D eigenvalue weighted by Crippen LogP contribution is -2.42. The maximum atomic E-state index is 13.7. The van der Waals surface area contributed by atoms with Crippen LogP contribution in [0.4, 0.5) is 13.2 Å². The molecule has 0 radical (unpaired) electrons. The molecule has 1 aliphatic carbocycles. The number of halogens is 4. The summed E-state index contributed by atoms with van der Waals surface area (Å²) in [7, 11) is -1.72. The van der Waals surface area contributed by atoms with Gasteiger partial charge in [0.25, 0.3) is 0 Å². The summed E-state index contributed by atoms with van der Waals surface area (Å²) in [4.78, 5) is 0.642. The molecule has 0 spiro atoms. The average Bonchev–Trinajstić information content (AvgIpc) is 2.93. The van der Waals surface area contributed by atoms with Gasteiger partial charge in [0.2, 0.25) is 14.8 Å². The van der Waals surface area contributed by atoms with Gasteiger partial charge in [-0.25, -0.2) is 0 Å². The molecule has 26 heavy (non-hydrogen) atoms. The van der Waals surface area contributed by atoms with Crippen molar-refractivity contribution >= 4 is 20.6 Å². The number of benzene rings is 1. The van der Waals surface area contributed by atoms with Crippen LogP contribution in [0.5, 0.6) is 0 Å². The van der Waals surface area contributed by atoms with Gasteiger partial charge in [0.1, 0.15) is 0 Å². The SMILES string of the molecule is CC(C)c1ccc2cc(C3CCCCC3)[s+](C(F)(F)F)c2c1.[O-][Br+2]([O-])[O-]. The Kier molecular flexibility index (Phi) is 7.50. The van der Waals surface area contributed by atoms with E-state index in [1.165, 1.54) is 0 Å². The molecule has 0 amide bonds. The molecule has 3 nitrogen and oxygen atoms in total. The summed E-state index contributed by atoms with van der Waals surface area (Å²) < 4.78 is 67.3. The number of alkyl halides is 3. The Hall–Kier alpha value is -0.670. The van der Waals surface area contributed by atoms with Gasteiger partial charge in [-0.3, -0.25) is 0 Å². The molecule has 1 unspecified atom stereocenters. The molecule has 0 N–H and O–H groups in total. The standard InChI is InChI=1S/C18H22F3S.BrO3/c1-12(2)14-8-9-15-11-16(13-6-4-3-5-7-13)22(17(15)10-14)18(19,20)21;2-1(3)4/h8-13H,3-7H2,1-2H3;/q+1;-1. The predicted octanol–water partition coefficient (Wildman–Crippen LogP) is 3.67. The Bertz CT molecular complexity index is 720. The highest BCUT2D eigenvalue weighted by Crippen LogP contribution is 2.55. The summed E-state index contributed by atoms with van der Waals surface area (Å²) in [6.07, 6.45) is 5.11. The zero-order valence-electron chi connectivity index (χ0n) is 14.6. The third-order valence-electron chi connectivity index (χ3n) is 4.70. The van der Waals surface area contributed by atoms with E-state index in [9.17, 15) is 13.2 Å². The number of fused-ring (bicyclic) bond motifs is 1. The lowest BCUT2D eigenvalue weighted by Gasteiger charge is -2.18. The van der Waals surface area contributed by atoms with E-state index in [0.29, 0.717) is 9.58 Å². The van der Waals surface area contributed by atoms with Crippen LogP contribution < -0.4 is 12.6 Å². The summed E-state index contributed by atoms with van der Waals surface area (Å²) in [6.45, 7) is 4.05. The van der Waals surface area contributed by atoms with Crippen molar-refractivity contribution in [1.82, 2.24) is 0 Å². The van der Waals surface area contributed by atoms with Crippen molar-refractivity contribution in [1.29, 1.82) is 0 Å². The molecule has 3 rings (SSSR count). The van der Waals surface area contributed by atoms with Gasteiger partial charge in [-0.05, 0) is 30.4 Å². The molecule has 146 valence electrons. The van der Waals surface area contributed by atoms with Crippen LogP contribution in [0.25, 0.3) is 10.1 Å². The van der Waals surface area contributed by atoms with Crippen LogP contribution in [0.1, 0.15) is 68.2 Å². The molecule has 1 aromatic heterocycles. The van der Waals surface area contributed by atoms with Crippen LogP contribution in [-0.2, 0) is 5.51 Å². The quantitative estimate of drug-likeness (QED) is 0.649. The number of hydrogen-bond donors (Lipinski definition) is 0. The molecule has 1 saturated carbocycles. The first kappa shape index (κ1) is 21.6.